The molecule has 1 atom stereocenters. The van der Waals surface area contributed by atoms with Crippen LogP contribution < -0.4 is 10.1 Å². The Hall–Kier alpha value is -2.26. The summed E-state index contributed by atoms with van der Waals surface area (Å²) in [5.41, 5.74) is 3.32. The van der Waals surface area contributed by atoms with Crippen molar-refractivity contribution in [2.75, 3.05) is 7.11 Å². The topological polar surface area (TPSA) is 34.4 Å². The third-order valence-corrected chi connectivity index (χ3v) is 3.75. The molecule has 0 fully saturated rings. The molecule has 3 rings (SSSR count). The van der Waals surface area contributed by atoms with Crippen LogP contribution in [0, 0.1) is 0 Å². The molecule has 0 amide bonds. The van der Waals surface area contributed by atoms with Gasteiger partial charge in [0.2, 0.25) is 0 Å². The van der Waals surface area contributed by atoms with Gasteiger partial charge in [-0.05, 0) is 30.7 Å². The summed E-state index contributed by atoms with van der Waals surface area (Å²) >= 11 is 0. The number of ether oxygens (including phenoxy) is 1. The molecule has 21 heavy (non-hydrogen) atoms. The minimum Gasteiger partial charge on any atom is -0.497 e. The van der Waals surface area contributed by atoms with Gasteiger partial charge in [-0.3, -0.25) is 0 Å². The second-order valence-electron chi connectivity index (χ2n) is 5.14. The quantitative estimate of drug-likeness (QED) is 0.757. The number of rotatable bonds is 5. The van der Waals surface area contributed by atoms with Gasteiger partial charge in [-0.2, -0.15) is 0 Å². The van der Waals surface area contributed by atoms with Crippen LogP contribution in [0.3, 0.4) is 0 Å². The number of para-hydroxylation sites is 1. The maximum absolute atomic E-state index is 5.56. The van der Waals surface area contributed by atoms with E-state index >= 15 is 0 Å². The van der Waals surface area contributed by atoms with Gasteiger partial charge in [0.1, 0.15) is 11.3 Å². The number of hydrogen-bond acceptors (Lipinski definition) is 3. The van der Waals surface area contributed by atoms with Crippen molar-refractivity contribution in [1.82, 2.24) is 5.32 Å². The average molecular weight is 281 g/mol. The molecule has 2 aromatic carbocycles. The molecule has 0 aliphatic carbocycles. The predicted molar refractivity (Wildman–Crippen MR) is 84.5 cm³/mol. The summed E-state index contributed by atoms with van der Waals surface area (Å²) in [5, 5.41) is 4.70. The van der Waals surface area contributed by atoms with Gasteiger partial charge in [0, 0.05) is 23.5 Å². The first-order valence-corrected chi connectivity index (χ1v) is 7.10. The van der Waals surface area contributed by atoms with Crippen LogP contribution in [0.5, 0.6) is 5.75 Å². The highest BCUT2D eigenvalue weighted by molar-refractivity contribution is 5.80. The highest BCUT2D eigenvalue weighted by atomic mass is 16.5. The van der Waals surface area contributed by atoms with Crippen molar-refractivity contribution in [2.45, 2.75) is 19.5 Å². The second-order valence-corrected chi connectivity index (χ2v) is 5.14. The van der Waals surface area contributed by atoms with Gasteiger partial charge < -0.3 is 14.5 Å². The van der Waals surface area contributed by atoms with Crippen molar-refractivity contribution in [1.29, 1.82) is 0 Å². The summed E-state index contributed by atoms with van der Waals surface area (Å²) in [6.45, 7) is 2.92. The lowest BCUT2D eigenvalue weighted by Gasteiger charge is -2.14. The summed E-state index contributed by atoms with van der Waals surface area (Å²) in [4.78, 5) is 0. The van der Waals surface area contributed by atoms with Crippen LogP contribution in [0.2, 0.25) is 0 Å². The zero-order valence-corrected chi connectivity index (χ0v) is 12.3. The molecule has 3 aromatic rings. The van der Waals surface area contributed by atoms with Gasteiger partial charge in [0.05, 0.1) is 13.4 Å². The monoisotopic (exact) mass is 281 g/mol. The Morgan fingerprint density at radius 1 is 1.14 bits per heavy atom. The first kappa shape index (κ1) is 13.7. The third-order valence-electron chi connectivity index (χ3n) is 3.75. The summed E-state index contributed by atoms with van der Waals surface area (Å²) in [6.07, 6.45) is 1.83. The van der Waals surface area contributed by atoms with Gasteiger partial charge in [-0.15, -0.1) is 0 Å². The number of benzene rings is 2. The zero-order valence-electron chi connectivity index (χ0n) is 12.3. The molecule has 1 aromatic heterocycles. The van der Waals surface area contributed by atoms with Crippen molar-refractivity contribution in [3.05, 3.63) is 65.9 Å². The molecule has 108 valence electrons. The third kappa shape index (κ3) is 2.93. The van der Waals surface area contributed by atoms with Crippen LogP contribution in [-0.4, -0.2) is 7.11 Å². The normalized spacial score (nSPS) is 12.5. The molecular weight excluding hydrogens is 262 g/mol. The van der Waals surface area contributed by atoms with Crippen molar-refractivity contribution in [2.24, 2.45) is 0 Å². The van der Waals surface area contributed by atoms with Gasteiger partial charge in [-0.25, -0.2) is 0 Å². The van der Waals surface area contributed by atoms with Crippen LogP contribution in [0.1, 0.15) is 24.1 Å². The number of furan rings is 1. The minimum absolute atomic E-state index is 0.244. The van der Waals surface area contributed by atoms with Gasteiger partial charge >= 0.3 is 0 Å². The molecule has 0 bridgehead atoms. The van der Waals surface area contributed by atoms with E-state index in [1.54, 1.807) is 7.11 Å². The van der Waals surface area contributed by atoms with Crippen LogP contribution in [0.15, 0.2) is 59.2 Å². The number of methoxy groups -OCH3 is 1. The molecule has 0 saturated carbocycles. The largest absolute Gasteiger partial charge is 0.497 e. The lowest BCUT2D eigenvalue weighted by Crippen LogP contribution is -2.17. The van der Waals surface area contributed by atoms with Crippen LogP contribution >= 0.6 is 0 Å². The van der Waals surface area contributed by atoms with Crippen molar-refractivity contribution in [3.8, 4) is 5.75 Å². The standard InChI is InChI=1S/C18H19NO2/c1-13(14-6-5-7-16(10-14)20-2)19-11-15-12-21-18-9-4-3-8-17(15)18/h3-10,12-13,19H,11H2,1-2H3/t13-/m0/s1. The Morgan fingerprint density at radius 3 is 2.86 bits per heavy atom. The maximum atomic E-state index is 5.56. The van der Waals surface area contributed by atoms with E-state index in [-0.39, 0.29) is 6.04 Å². The molecule has 1 N–H and O–H groups in total. The molecule has 0 spiro atoms. The van der Waals surface area contributed by atoms with E-state index in [0.29, 0.717) is 0 Å². The van der Waals surface area contributed by atoms with Crippen molar-refractivity contribution in [3.63, 3.8) is 0 Å². The molecule has 0 unspecified atom stereocenters. The molecule has 3 heteroatoms. The van der Waals surface area contributed by atoms with E-state index in [9.17, 15) is 0 Å². The first-order chi connectivity index (χ1) is 10.3. The van der Waals surface area contributed by atoms with Crippen LogP contribution in [-0.2, 0) is 6.54 Å². The molecular formula is C18H19NO2. The fourth-order valence-corrected chi connectivity index (χ4v) is 2.46. The van der Waals surface area contributed by atoms with Crippen molar-refractivity contribution >= 4 is 11.0 Å². The van der Waals surface area contributed by atoms with Crippen molar-refractivity contribution < 1.29 is 9.15 Å². The lowest BCUT2D eigenvalue weighted by atomic mass is 10.1. The molecule has 1 heterocycles. The van der Waals surface area contributed by atoms with E-state index in [1.807, 2.05) is 36.6 Å². The highest BCUT2D eigenvalue weighted by Crippen LogP contribution is 2.23. The summed E-state index contributed by atoms with van der Waals surface area (Å²) < 4.78 is 10.8. The second kappa shape index (κ2) is 6.02. The first-order valence-electron chi connectivity index (χ1n) is 7.10. The predicted octanol–water partition coefficient (Wildman–Crippen LogP) is 4.29. The van der Waals surface area contributed by atoms with E-state index in [1.165, 1.54) is 16.5 Å². The van der Waals surface area contributed by atoms with Crippen LogP contribution in [0.4, 0.5) is 0 Å². The van der Waals surface area contributed by atoms with Crippen LogP contribution in [0.25, 0.3) is 11.0 Å². The maximum Gasteiger partial charge on any atom is 0.134 e. The summed E-state index contributed by atoms with van der Waals surface area (Å²) in [5.74, 6) is 0.884. The lowest BCUT2D eigenvalue weighted by molar-refractivity contribution is 0.413. The highest BCUT2D eigenvalue weighted by Gasteiger charge is 2.09. The SMILES string of the molecule is COc1cccc([C@H](C)NCc2coc3ccccc23)c1. The molecule has 3 nitrogen and oxygen atoms in total. The van der Waals surface area contributed by atoms with E-state index < -0.39 is 0 Å². The number of hydrogen-bond donors (Lipinski definition) is 1. The Balaban J connectivity index is 1.72. The Kier molecular flexibility index (Phi) is 3.93. The number of nitrogens with one attached hydrogen (secondary N) is 1. The van der Waals surface area contributed by atoms with E-state index in [2.05, 4.69) is 30.4 Å². The molecule has 0 aliphatic heterocycles. The zero-order chi connectivity index (χ0) is 14.7. The Bertz CT molecular complexity index is 733. The summed E-state index contributed by atoms with van der Waals surface area (Å²) in [6, 6.07) is 16.5. The van der Waals surface area contributed by atoms with E-state index in [4.69, 9.17) is 9.15 Å². The van der Waals surface area contributed by atoms with Gasteiger partial charge in [0.15, 0.2) is 0 Å². The van der Waals surface area contributed by atoms with E-state index in [0.717, 1.165) is 17.9 Å². The fourth-order valence-electron chi connectivity index (χ4n) is 2.46. The fraction of sp³-hybridized carbons (Fsp3) is 0.222. The summed E-state index contributed by atoms with van der Waals surface area (Å²) in [7, 11) is 1.69. The van der Waals surface area contributed by atoms with Gasteiger partial charge in [-0.1, -0.05) is 30.3 Å². The number of fused-ring (bicyclic) bond motifs is 1. The Labute approximate surface area is 124 Å². The molecule has 0 saturated heterocycles. The van der Waals surface area contributed by atoms with Gasteiger partial charge in [0.25, 0.3) is 0 Å². The average Bonchev–Trinajstić information content (AvgIpc) is 2.96. The molecule has 0 aliphatic rings. The Morgan fingerprint density at radius 2 is 2.00 bits per heavy atom. The molecule has 0 radical (unpaired) electrons. The minimum atomic E-state index is 0.244. The smallest absolute Gasteiger partial charge is 0.134 e.